The Labute approximate surface area is 204 Å². The number of nitrogens with zero attached hydrogens (tertiary/aromatic N) is 7. The van der Waals surface area contributed by atoms with Gasteiger partial charge in [0.25, 0.3) is 11.8 Å². The van der Waals surface area contributed by atoms with E-state index in [0.29, 0.717) is 23.5 Å². The van der Waals surface area contributed by atoms with Crippen LogP contribution < -0.4 is 10.6 Å². The maximum Gasteiger partial charge on any atom is 0.274 e. The van der Waals surface area contributed by atoms with Crippen LogP contribution in [-0.4, -0.2) is 64.3 Å². The van der Waals surface area contributed by atoms with E-state index in [1.165, 1.54) is 15.8 Å². The summed E-state index contributed by atoms with van der Waals surface area (Å²) < 4.78 is 3.25. The highest BCUT2D eigenvalue weighted by Gasteiger charge is 2.39. The number of carbonyl (C=O) groups excluding carboxylic acids is 4. The summed E-state index contributed by atoms with van der Waals surface area (Å²) in [6.45, 7) is 2.88. The van der Waals surface area contributed by atoms with Gasteiger partial charge in [0, 0.05) is 25.1 Å². The number of hydrogen-bond acceptors (Lipinski definition) is 8. The zero-order chi connectivity index (χ0) is 25.0. The Bertz CT molecular complexity index is 1420. The van der Waals surface area contributed by atoms with E-state index in [2.05, 4.69) is 31.0 Å². The lowest BCUT2D eigenvalue weighted by molar-refractivity contribution is -0.136. The van der Waals surface area contributed by atoms with E-state index < -0.39 is 11.9 Å². The molecule has 0 aliphatic carbocycles. The van der Waals surface area contributed by atoms with Crippen LogP contribution in [-0.2, 0) is 22.7 Å². The summed E-state index contributed by atoms with van der Waals surface area (Å²) in [7, 11) is 0. The number of hydrogen-bond donors (Lipinski definition) is 2. The average molecular weight is 489 g/mol. The van der Waals surface area contributed by atoms with Crippen molar-refractivity contribution in [1.29, 1.82) is 0 Å². The maximum atomic E-state index is 13.1. The summed E-state index contributed by atoms with van der Waals surface area (Å²) in [5, 5.41) is 17.7. The summed E-state index contributed by atoms with van der Waals surface area (Å²) in [6.07, 6.45) is 3.65. The molecule has 1 fully saturated rings. The Kier molecular flexibility index (Phi) is 5.12. The molecule has 3 aromatic rings. The van der Waals surface area contributed by atoms with Crippen molar-refractivity contribution < 1.29 is 19.2 Å². The van der Waals surface area contributed by atoms with Crippen molar-refractivity contribution in [2.45, 2.75) is 57.8 Å². The molecular weight excluding hydrogens is 466 g/mol. The van der Waals surface area contributed by atoms with E-state index in [9.17, 15) is 19.2 Å². The molecule has 3 aliphatic heterocycles. The minimum Gasteiger partial charge on any atom is -0.341 e. The van der Waals surface area contributed by atoms with Crippen LogP contribution in [0.2, 0.25) is 0 Å². The van der Waals surface area contributed by atoms with Gasteiger partial charge in [-0.2, -0.15) is 5.10 Å². The van der Waals surface area contributed by atoms with Crippen LogP contribution in [0.1, 0.15) is 69.8 Å². The normalized spacial score (nSPS) is 21.2. The Balaban J connectivity index is 1.18. The summed E-state index contributed by atoms with van der Waals surface area (Å²) in [5.41, 5.74) is 1.94. The van der Waals surface area contributed by atoms with E-state index in [1.807, 2.05) is 11.6 Å². The lowest BCUT2D eigenvalue weighted by Gasteiger charge is -2.29. The molecule has 0 spiro atoms. The van der Waals surface area contributed by atoms with Crippen molar-refractivity contribution in [1.82, 2.24) is 45.3 Å². The molecule has 13 nitrogen and oxygen atoms in total. The fourth-order valence-corrected chi connectivity index (χ4v) is 5.02. The maximum absolute atomic E-state index is 13.1. The average Bonchev–Trinajstić information content (AvgIpc) is 3.56. The van der Waals surface area contributed by atoms with Gasteiger partial charge < -0.3 is 10.2 Å². The summed E-state index contributed by atoms with van der Waals surface area (Å²) in [4.78, 5) is 55.6. The number of imide groups is 1. The minimum atomic E-state index is -0.679. The first-order valence-corrected chi connectivity index (χ1v) is 11.8. The molecule has 3 aliphatic rings. The molecule has 2 aromatic heterocycles. The highest BCUT2D eigenvalue weighted by atomic mass is 16.2. The molecule has 0 saturated carbocycles. The van der Waals surface area contributed by atoms with Crippen molar-refractivity contribution in [3.63, 3.8) is 0 Å². The number of amides is 4. The van der Waals surface area contributed by atoms with Gasteiger partial charge in [-0.25, -0.2) is 14.3 Å². The van der Waals surface area contributed by atoms with Crippen molar-refractivity contribution >= 4 is 23.6 Å². The first kappa shape index (κ1) is 22.1. The number of benzene rings is 1. The van der Waals surface area contributed by atoms with Gasteiger partial charge in [-0.15, -0.1) is 5.10 Å². The highest BCUT2D eigenvalue weighted by Crippen LogP contribution is 2.29. The third kappa shape index (κ3) is 3.72. The molecule has 13 heteroatoms. The first-order chi connectivity index (χ1) is 17.4. The molecule has 184 valence electrons. The van der Waals surface area contributed by atoms with Crippen molar-refractivity contribution in [2.75, 3.05) is 0 Å². The predicted octanol–water partition coefficient (Wildman–Crippen LogP) is 0.193. The lowest BCUT2D eigenvalue weighted by atomic mass is 10.0. The molecule has 2 N–H and O–H groups in total. The molecule has 0 radical (unpaired) electrons. The first-order valence-electron chi connectivity index (χ1n) is 11.8. The van der Waals surface area contributed by atoms with Gasteiger partial charge in [0.2, 0.25) is 11.8 Å². The van der Waals surface area contributed by atoms with E-state index in [1.54, 1.807) is 18.2 Å². The van der Waals surface area contributed by atoms with Crippen LogP contribution in [0.15, 0.2) is 24.4 Å². The number of fused-ring (bicyclic) bond motifs is 2. The lowest BCUT2D eigenvalue weighted by Crippen LogP contribution is -2.52. The van der Waals surface area contributed by atoms with Crippen LogP contribution in [0.25, 0.3) is 5.69 Å². The highest BCUT2D eigenvalue weighted by molar-refractivity contribution is 6.05. The molecule has 4 amide bonds. The third-order valence-corrected chi connectivity index (χ3v) is 6.79. The monoisotopic (exact) mass is 489 g/mol. The fraction of sp³-hybridized carbons (Fsp3) is 0.391. The molecule has 1 saturated heterocycles. The third-order valence-electron chi connectivity index (χ3n) is 6.79. The number of rotatable bonds is 4. The van der Waals surface area contributed by atoms with Gasteiger partial charge in [0.15, 0.2) is 5.69 Å². The van der Waals surface area contributed by atoms with Gasteiger partial charge >= 0.3 is 0 Å². The Hall–Kier alpha value is -4.42. The summed E-state index contributed by atoms with van der Waals surface area (Å²) in [5.74, 6) is -0.0329. The molecule has 0 bridgehead atoms. The molecule has 1 aromatic carbocycles. The van der Waals surface area contributed by atoms with Crippen molar-refractivity contribution in [3.05, 3.63) is 52.9 Å². The van der Waals surface area contributed by atoms with Gasteiger partial charge in [-0.1, -0.05) is 11.3 Å². The number of aryl methyl sites for hydroxylation is 2. The predicted molar refractivity (Wildman–Crippen MR) is 122 cm³/mol. The van der Waals surface area contributed by atoms with E-state index >= 15 is 0 Å². The van der Waals surface area contributed by atoms with E-state index in [4.69, 9.17) is 0 Å². The number of aromatic nitrogens is 6. The molecule has 6 rings (SSSR count). The standard InChI is InChI=1S/C23H23N9O4/c1-12-24-20-16(3-2-8-31(20)28-12)25-21(34)17-11-32(29-27-17)14-5-4-13-10-30(23(36)15(13)9-14)18-6-7-19(33)26-22(18)35/h4-5,9,11,16,18H,2-3,6-8,10H2,1H3,(H,25,34)(H,26,33,35). The van der Waals surface area contributed by atoms with Gasteiger partial charge in [0.05, 0.1) is 17.9 Å². The summed E-state index contributed by atoms with van der Waals surface area (Å²) in [6, 6.07) is 4.32. The largest absolute Gasteiger partial charge is 0.341 e. The van der Waals surface area contributed by atoms with Crippen molar-refractivity contribution in [2.24, 2.45) is 0 Å². The van der Waals surface area contributed by atoms with Gasteiger partial charge in [-0.3, -0.25) is 24.5 Å². The molecular formula is C23H23N9O4. The number of carbonyl (C=O) groups is 4. The van der Waals surface area contributed by atoms with Gasteiger partial charge in [0.1, 0.15) is 17.7 Å². The van der Waals surface area contributed by atoms with Crippen molar-refractivity contribution in [3.8, 4) is 5.69 Å². The Morgan fingerprint density at radius 3 is 2.89 bits per heavy atom. The topological polar surface area (TPSA) is 157 Å². The zero-order valence-corrected chi connectivity index (χ0v) is 19.5. The number of nitrogens with one attached hydrogen (secondary N) is 2. The van der Waals surface area contributed by atoms with E-state index in [-0.39, 0.29) is 42.4 Å². The smallest absolute Gasteiger partial charge is 0.274 e. The van der Waals surface area contributed by atoms with Crippen LogP contribution >= 0.6 is 0 Å². The second-order valence-corrected chi connectivity index (χ2v) is 9.20. The van der Waals surface area contributed by atoms with Gasteiger partial charge in [-0.05, 0) is 43.9 Å². The molecule has 2 atom stereocenters. The summed E-state index contributed by atoms with van der Waals surface area (Å²) >= 11 is 0. The van der Waals surface area contributed by atoms with E-state index in [0.717, 1.165) is 30.8 Å². The van der Waals surface area contributed by atoms with Crippen LogP contribution in [0, 0.1) is 6.92 Å². The minimum absolute atomic E-state index is 0.139. The Morgan fingerprint density at radius 1 is 1.19 bits per heavy atom. The zero-order valence-electron chi connectivity index (χ0n) is 19.5. The Morgan fingerprint density at radius 2 is 2.06 bits per heavy atom. The van der Waals surface area contributed by atoms with Crippen LogP contribution in [0.4, 0.5) is 0 Å². The second kappa shape index (κ2) is 8.36. The SMILES string of the molecule is Cc1nc2n(n1)CCCC2NC(=O)c1cn(-c2ccc3c(c2)C(=O)N(C2CCC(=O)NC2=O)C3)nn1. The molecule has 36 heavy (non-hydrogen) atoms. The second-order valence-electron chi connectivity index (χ2n) is 9.20. The van der Waals surface area contributed by atoms with Crippen LogP contribution in [0.5, 0.6) is 0 Å². The molecule has 5 heterocycles. The number of piperidine rings is 1. The molecule has 2 unspecified atom stereocenters. The van der Waals surface area contributed by atoms with Crippen LogP contribution in [0.3, 0.4) is 0 Å². The quantitative estimate of drug-likeness (QED) is 0.492. The fourth-order valence-electron chi connectivity index (χ4n) is 5.02.